The lowest BCUT2D eigenvalue weighted by Crippen LogP contribution is -2.38. The summed E-state index contributed by atoms with van der Waals surface area (Å²) in [5, 5.41) is 12.3. The molecule has 0 spiro atoms. The summed E-state index contributed by atoms with van der Waals surface area (Å²) in [5.74, 6) is -0.132. The summed E-state index contributed by atoms with van der Waals surface area (Å²) >= 11 is 0. The number of carbonyl (C=O) groups is 1. The van der Waals surface area contributed by atoms with Crippen LogP contribution in [0.25, 0.3) is 0 Å². The summed E-state index contributed by atoms with van der Waals surface area (Å²) in [6.07, 6.45) is 0.558. The number of Topliss-reactive ketones (excluding diaryl/α,β-unsaturated/α-hetero) is 1. The molecule has 0 bridgehead atoms. The lowest BCUT2D eigenvalue weighted by atomic mass is 9.99. The van der Waals surface area contributed by atoms with Crippen molar-refractivity contribution in [1.82, 2.24) is 5.32 Å². The van der Waals surface area contributed by atoms with Crippen LogP contribution >= 0.6 is 0 Å². The van der Waals surface area contributed by atoms with Crippen molar-refractivity contribution in [3.63, 3.8) is 0 Å². The van der Waals surface area contributed by atoms with Gasteiger partial charge in [-0.15, -0.1) is 0 Å². The van der Waals surface area contributed by atoms with Crippen LogP contribution in [-0.4, -0.2) is 29.6 Å². The van der Waals surface area contributed by atoms with Crippen LogP contribution in [-0.2, 0) is 4.79 Å². The smallest absolute Gasteiger partial charge is 0.162 e. The van der Waals surface area contributed by atoms with Crippen LogP contribution < -0.4 is 5.32 Å². The number of nitrogens with one attached hydrogen (secondary N) is 1. The van der Waals surface area contributed by atoms with Gasteiger partial charge in [-0.2, -0.15) is 0 Å². The Morgan fingerprint density at radius 1 is 1.78 bits per heavy atom. The SMILES string of the molecule is CC(=O)C1(O)CCNC1. The van der Waals surface area contributed by atoms with Gasteiger partial charge in [0.05, 0.1) is 0 Å². The number of hydrogen-bond acceptors (Lipinski definition) is 3. The van der Waals surface area contributed by atoms with E-state index < -0.39 is 5.60 Å². The van der Waals surface area contributed by atoms with Crippen LogP contribution in [0.2, 0.25) is 0 Å². The van der Waals surface area contributed by atoms with Crippen LogP contribution in [0.5, 0.6) is 0 Å². The Morgan fingerprint density at radius 3 is 2.67 bits per heavy atom. The molecule has 0 aromatic heterocycles. The highest BCUT2D eigenvalue weighted by molar-refractivity contribution is 5.85. The molecule has 1 aliphatic rings. The summed E-state index contributed by atoms with van der Waals surface area (Å²) in [5.41, 5.74) is -1.06. The van der Waals surface area contributed by atoms with Crippen LogP contribution in [0.4, 0.5) is 0 Å². The molecule has 1 saturated heterocycles. The quantitative estimate of drug-likeness (QED) is 0.492. The van der Waals surface area contributed by atoms with Crippen molar-refractivity contribution in [2.45, 2.75) is 18.9 Å². The van der Waals surface area contributed by atoms with Crippen molar-refractivity contribution in [1.29, 1.82) is 0 Å². The number of hydrogen-bond donors (Lipinski definition) is 2. The molecule has 3 heteroatoms. The van der Waals surface area contributed by atoms with Crippen molar-refractivity contribution in [3.8, 4) is 0 Å². The van der Waals surface area contributed by atoms with Gasteiger partial charge in [-0.25, -0.2) is 0 Å². The topological polar surface area (TPSA) is 49.3 Å². The first-order chi connectivity index (χ1) is 4.15. The van der Waals surface area contributed by atoms with E-state index in [0.29, 0.717) is 13.0 Å². The molecule has 0 aromatic rings. The van der Waals surface area contributed by atoms with E-state index in [1.54, 1.807) is 0 Å². The van der Waals surface area contributed by atoms with Crippen molar-refractivity contribution in [2.75, 3.05) is 13.1 Å². The van der Waals surface area contributed by atoms with Gasteiger partial charge in [-0.05, 0) is 19.9 Å². The average Bonchev–Trinajstić information content (AvgIpc) is 2.16. The Hall–Kier alpha value is -0.410. The molecule has 1 unspecified atom stereocenters. The molecular formula is C6H11NO2. The van der Waals surface area contributed by atoms with Gasteiger partial charge in [0, 0.05) is 6.54 Å². The molecule has 52 valence electrons. The Kier molecular flexibility index (Phi) is 1.55. The fourth-order valence-electron chi connectivity index (χ4n) is 0.979. The zero-order chi connectivity index (χ0) is 6.91. The fourth-order valence-corrected chi connectivity index (χ4v) is 0.979. The Bertz CT molecular complexity index is 127. The Balaban J connectivity index is 2.61. The third-order valence-corrected chi connectivity index (χ3v) is 1.79. The Labute approximate surface area is 54.1 Å². The monoisotopic (exact) mass is 129 g/mol. The molecule has 0 saturated carbocycles. The van der Waals surface area contributed by atoms with E-state index in [2.05, 4.69) is 5.32 Å². The van der Waals surface area contributed by atoms with Gasteiger partial charge in [0.15, 0.2) is 5.78 Å². The number of ketones is 1. The van der Waals surface area contributed by atoms with Crippen molar-refractivity contribution < 1.29 is 9.90 Å². The molecule has 0 amide bonds. The number of aliphatic hydroxyl groups is 1. The van der Waals surface area contributed by atoms with Gasteiger partial charge in [-0.3, -0.25) is 4.79 Å². The minimum Gasteiger partial charge on any atom is -0.381 e. The lowest BCUT2D eigenvalue weighted by Gasteiger charge is -2.15. The maximum Gasteiger partial charge on any atom is 0.162 e. The second kappa shape index (κ2) is 2.08. The highest BCUT2D eigenvalue weighted by Crippen LogP contribution is 2.14. The number of rotatable bonds is 1. The minimum atomic E-state index is -1.06. The van der Waals surface area contributed by atoms with Gasteiger partial charge in [0.2, 0.25) is 0 Å². The van der Waals surface area contributed by atoms with Gasteiger partial charge in [0.25, 0.3) is 0 Å². The molecular weight excluding hydrogens is 118 g/mol. The summed E-state index contributed by atoms with van der Waals surface area (Å²) in [4.78, 5) is 10.7. The molecule has 1 rings (SSSR count). The first kappa shape index (κ1) is 6.71. The van der Waals surface area contributed by atoms with Gasteiger partial charge >= 0.3 is 0 Å². The maximum absolute atomic E-state index is 10.7. The van der Waals surface area contributed by atoms with Crippen LogP contribution in [0.3, 0.4) is 0 Å². The summed E-state index contributed by atoms with van der Waals surface area (Å²) in [7, 11) is 0. The van der Waals surface area contributed by atoms with Gasteiger partial charge in [-0.1, -0.05) is 0 Å². The molecule has 0 aliphatic carbocycles. The number of β-amino-alcohol motifs (C(OH)–C–C–N with tert-alkyl or cyclic N) is 1. The van der Waals surface area contributed by atoms with E-state index in [9.17, 15) is 9.90 Å². The van der Waals surface area contributed by atoms with E-state index >= 15 is 0 Å². The van der Waals surface area contributed by atoms with Gasteiger partial charge in [0.1, 0.15) is 5.60 Å². The third kappa shape index (κ3) is 1.11. The number of carbonyl (C=O) groups excluding carboxylic acids is 1. The van der Waals surface area contributed by atoms with E-state index in [1.807, 2.05) is 0 Å². The summed E-state index contributed by atoms with van der Waals surface area (Å²) < 4.78 is 0. The van der Waals surface area contributed by atoms with E-state index in [-0.39, 0.29) is 5.78 Å². The highest BCUT2D eigenvalue weighted by atomic mass is 16.3. The summed E-state index contributed by atoms with van der Waals surface area (Å²) in [6.45, 7) is 2.59. The molecule has 0 radical (unpaired) electrons. The molecule has 1 heterocycles. The van der Waals surface area contributed by atoms with Gasteiger partial charge < -0.3 is 10.4 Å². The van der Waals surface area contributed by atoms with Crippen molar-refractivity contribution in [2.24, 2.45) is 0 Å². The molecule has 1 aliphatic heterocycles. The van der Waals surface area contributed by atoms with Crippen molar-refractivity contribution >= 4 is 5.78 Å². The molecule has 3 nitrogen and oxygen atoms in total. The normalized spacial score (nSPS) is 34.9. The van der Waals surface area contributed by atoms with Crippen LogP contribution in [0.15, 0.2) is 0 Å². The molecule has 2 N–H and O–H groups in total. The van der Waals surface area contributed by atoms with Crippen molar-refractivity contribution in [3.05, 3.63) is 0 Å². The molecule has 0 aromatic carbocycles. The van der Waals surface area contributed by atoms with E-state index in [4.69, 9.17) is 0 Å². The maximum atomic E-state index is 10.7. The first-order valence-corrected chi connectivity index (χ1v) is 3.09. The van der Waals surface area contributed by atoms with Crippen LogP contribution in [0, 0.1) is 0 Å². The van der Waals surface area contributed by atoms with Crippen LogP contribution in [0.1, 0.15) is 13.3 Å². The van der Waals surface area contributed by atoms with E-state index in [1.165, 1.54) is 6.92 Å². The Morgan fingerprint density at radius 2 is 2.44 bits per heavy atom. The second-order valence-electron chi connectivity index (χ2n) is 2.51. The first-order valence-electron chi connectivity index (χ1n) is 3.09. The standard InChI is InChI=1S/C6H11NO2/c1-5(8)6(9)2-3-7-4-6/h7,9H,2-4H2,1H3. The lowest BCUT2D eigenvalue weighted by molar-refractivity contribution is -0.133. The molecule has 1 atom stereocenters. The average molecular weight is 129 g/mol. The largest absolute Gasteiger partial charge is 0.381 e. The minimum absolute atomic E-state index is 0.132. The predicted octanol–water partition coefficient (Wildman–Crippen LogP) is -0.700. The third-order valence-electron chi connectivity index (χ3n) is 1.79. The highest BCUT2D eigenvalue weighted by Gasteiger charge is 2.35. The van der Waals surface area contributed by atoms with E-state index in [0.717, 1.165) is 6.54 Å². The summed E-state index contributed by atoms with van der Waals surface area (Å²) in [6, 6.07) is 0. The fraction of sp³-hybridized carbons (Fsp3) is 0.833. The molecule has 1 fully saturated rings. The molecule has 9 heavy (non-hydrogen) atoms. The predicted molar refractivity (Wildman–Crippen MR) is 33.1 cm³/mol. The zero-order valence-electron chi connectivity index (χ0n) is 5.48. The second-order valence-corrected chi connectivity index (χ2v) is 2.51. The zero-order valence-corrected chi connectivity index (χ0v) is 5.48.